The SMILES string of the molecule is CC(C)(C)CC(=O)C(C)(C)NC(=O)c1cc(C(=O)NCc2ccc3c(c2)NC(=O)CO3)nc2c(F)cnn12. The van der Waals surface area contributed by atoms with Crippen molar-refractivity contribution in [3.05, 3.63) is 53.2 Å². The molecule has 0 fully saturated rings. The van der Waals surface area contributed by atoms with E-state index in [-0.39, 0.29) is 53.7 Å². The van der Waals surface area contributed by atoms with Crippen molar-refractivity contribution in [1.82, 2.24) is 25.2 Å². The van der Waals surface area contributed by atoms with Crippen LogP contribution in [0.2, 0.25) is 0 Å². The number of hydrogen-bond acceptors (Lipinski definition) is 7. The first-order chi connectivity index (χ1) is 17.7. The molecule has 3 N–H and O–H groups in total. The first kappa shape index (κ1) is 26.7. The number of ketones is 1. The van der Waals surface area contributed by atoms with Crippen molar-refractivity contribution < 1.29 is 28.3 Å². The Kier molecular flexibility index (Phi) is 6.92. The largest absolute Gasteiger partial charge is 0.482 e. The van der Waals surface area contributed by atoms with Gasteiger partial charge in [0.2, 0.25) is 0 Å². The maximum absolute atomic E-state index is 14.4. The zero-order chi connectivity index (χ0) is 27.8. The number of halogens is 1. The van der Waals surface area contributed by atoms with Crippen LogP contribution in [-0.4, -0.2) is 50.2 Å². The third-order valence-corrected chi connectivity index (χ3v) is 5.84. The number of benzene rings is 1. The van der Waals surface area contributed by atoms with Crippen LogP contribution in [0.3, 0.4) is 0 Å². The van der Waals surface area contributed by atoms with Gasteiger partial charge in [-0.3, -0.25) is 19.2 Å². The van der Waals surface area contributed by atoms with Crippen LogP contribution in [0.5, 0.6) is 5.75 Å². The Bertz CT molecular complexity index is 1460. The van der Waals surface area contributed by atoms with Gasteiger partial charge in [0.05, 0.1) is 17.4 Å². The highest BCUT2D eigenvalue weighted by atomic mass is 19.1. The summed E-state index contributed by atoms with van der Waals surface area (Å²) in [4.78, 5) is 54.6. The molecule has 0 saturated carbocycles. The summed E-state index contributed by atoms with van der Waals surface area (Å²) in [7, 11) is 0. The minimum Gasteiger partial charge on any atom is -0.482 e. The Morgan fingerprint density at radius 2 is 1.87 bits per heavy atom. The second kappa shape index (κ2) is 9.84. The quantitative estimate of drug-likeness (QED) is 0.431. The molecule has 1 aliphatic rings. The van der Waals surface area contributed by atoms with Gasteiger partial charge in [0.15, 0.2) is 23.9 Å². The van der Waals surface area contributed by atoms with Crippen LogP contribution in [0, 0.1) is 11.2 Å². The summed E-state index contributed by atoms with van der Waals surface area (Å²) in [5.41, 5.74) is -1.04. The van der Waals surface area contributed by atoms with Gasteiger partial charge in [0, 0.05) is 19.0 Å². The van der Waals surface area contributed by atoms with E-state index in [2.05, 4.69) is 26.0 Å². The molecule has 11 nitrogen and oxygen atoms in total. The molecule has 1 aromatic carbocycles. The number of carbonyl (C=O) groups is 4. The average molecular weight is 525 g/mol. The van der Waals surface area contributed by atoms with Gasteiger partial charge in [-0.1, -0.05) is 26.8 Å². The van der Waals surface area contributed by atoms with E-state index in [0.29, 0.717) is 17.0 Å². The van der Waals surface area contributed by atoms with Gasteiger partial charge in [-0.15, -0.1) is 0 Å². The van der Waals surface area contributed by atoms with Gasteiger partial charge in [-0.2, -0.15) is 5.10 Å². The fraction of sp³-hybridized carbons (Fsp3) is 0.385. The van der Waals surface area contributed by atoms with Crippen molar-refractivity contribution in [2.75, 3.05) is 11.9 Å². The number of amides is 3. The molecular formula is C26H29FN6O5. The summed E-state index contributed by atoms with van der Waals surface area (Å²) in [6, 6.07) is 6.25. The highest BCUT2D eigenvalue weighted by Crippen LogP contribution is 2.28. The van der Waals surface area contributed by atoms with Crippen LogP contribution in [0.1, 0.15) is 67.6 Å². The minimum absolute atomic E-state index is 0.0620. The third kappa shape index (κ3) is 5.79. The van der Waals surface area contributed by atoms with Crippen molar-refractivity contribution in [2.24, 2.45) is 5.41 Å². The van der Waals surface area contributed by atoms with E-state index >= 15 is 0 Å². The van der Waals surface area contributed by atoms with E-state index in [9.17, 15) is 23.6 Å². The van der Waals surface area contributed by atoms with Crippen molar-refractivity contribution in [3.63, 3.8) is 0 Å². The van der Waals surface area contributed by atoms with Crippen LogP contribution < -0.4 is 20.7 Å². The number of anilines is 1. The highest BCUT2D eigenvalue weighted by Gasteiger charge is 2.33. The van der Waals surface area contributed by atoms with Crippen molar-refractivity contribution in [3.8, 4) is 5.75 Å². The molecule has 1 aliphatic heterocycles. The van der Waals surface area contributed by atoms with Gasteiger partial charge in [0.25, 0.3) is 17.7 Å². The number of hydrogen-bond donors (Lipinski definition) is 3. The highest BCUT2D eigenvalue weighted by molar-refractivity contribution is 6.01. The van der Waals surface area contributed by atoms with Gasteiger partial charge in [0.1, 0.15) is 17.1 Å². The second-order valence-corrected chi connectivity index (χ2v) is 10.8. The molecule has 0 unspecified atom stereocenters. The van der Waals surface area contributed by atoms with Crippen LogP contribution in [0.4, 0.5) is 10.1 Å². The Hall–Kier alpha value is -4.35. The van der Waals surface area contributed by atoms with E-state index in [1.165, 1.54) is 6.07 Å². The van der Waals surface area contributed by atoms with Gasteiger partial charge < -0.3 is 20.7 Å². The predicted octanol–water partition coefficient (Wildman–Crippen LogP) is 2.64. The van der Waals surface area contributed by atoms with Crippen molar-refractivity contribution in [2.45, 2.75) is 53.1 Å². The maximum atomic E-state index is 14.4. The third-order valence-electron chi connectivity index (χ3n) is 5.84. The molecule has 3 heterocycles. The first-order valence-electron chi connectivity index (χ1n) is 12.0. The molecule has 3 aromatic rings. The molecule has 0 atom stereocenters. The molecular weight excluding hydrogens is 495 g/mol. The smallest absolute Gasteiger partial charge is 0.270 e. The van der Waals surface area contributed by atoms with Crippen molar-refractivity contribution >= 4 is 34.8 Å². The van der Waals surface area contributed by atoms with Gasteiger partial charge in [-0.05, 0) is 37.0 Å². The lowest BCUT2D eigenvalue weighted by Gasteiger charge is -2.28. The number of Topliss-reactive ketones (excluding diaryl/α,β-unsaturated/α-hetero) is 1. The zero-order valence-electron chi connectivity index (χ0n) is 21.8. The fourth-order valence-corrected chi connectivity index (χ4v) is 3.85. The average Bonchev–Trinajstić information content (AvgIpc) is 3.20. The number of rotatable bonds is 7. The molecule has 0 spiro atoms. The molecule has 12 heteroatoms. The Balaban J connectivity index is 1.55. The van der Waals surface area contributed by atoms with E-state index < -0.39 is 23.2 Å². The van der Waals surface area contributed by atoms with Crippen LogP contribution in [0.15, 0.2) is 30.5 Å². The first-order valence-corrected chi connectivity index (χ1v) is 12.0. The molecule has 200 valence electrons. The molecule has 0 saturated heterocycles. The Labute approximate surface area is 218 Å². The monoisotopic (exact) mass is 524 g/mol. The van der Waals surface area contributed by atoms with E-state index in [1.54, 1.807) is 32.0 Å². The molecule has 0 bridgehead atoms. The number of nitrogens with zero attached hydrogens (tertiary/aromatic N) is 3. The molecule has 3 amide bonds. The minimum atomic E-state index is -1.22. The number of ether oxygens (including phenoxy) is 1. The number of fused-ring (bicyclic) bond motifs is 2. The summed E-state index contributed by atoms with van der Waals surface area (Å²) in [6.45, 7) is 8.91. The van der Waals surface area contributed by atoms with Crippen molar-refractivity contribution in [1.29, 1.82) is 0 Å². The standard InChI is InChI=1S/C26H29FN6O5/c1-25(2,3)10-20(34)26(4,5)32-24(37)18-9-17(31-22-15(27)12-29-33(18)22)23(36)28-11-14-6-7-19-16(8-14)30-21(35)13-38-19/h6-9,12H,10-11,13H2,1-5H3,(H,28,36)(H,30,35)(H,32,37). The Morgan fingerprint density at radius 3 is 2.58 bits per heavy atom. The predicted molar refractivity (Wildman–Crippen MR) is 135 cm³/mol. The maximum Gasteiger partial charge on any atom is 0.270 e. The van der Waals surface area contributed by atoms with Gasteiger partial charge in [-0.25, -0.2) is 13.9 Å². The van der Waals surface area contributed by atoms with E-state index in [0.717, 1.165) is 10.7 Å². The number of carbonyl (C=O) groups excluding carboxylic acids is 4. The van der Waals surface area contributed by atoms with Crippen LogP contribution in [-0.2, 0) is 16.1 Å². The number of nitrogens with one attached hydrogen (secondary N) is 3. The summed E-state index contributed by atoms with van der Waals surface area (Å²) in [5.74, 6) is -2.15. The lowest BCUT2D eigenvalue weighted by molar-refractivity contribution is -0.125. The van der Waals surface area contributed by atoms with Crippen LogP contribution >= 0.6 is 0 Å². The van der Waals surface area contributed by atoms with E-state index in [1.807, 2.05) is 20.8 Å². The molecule has 38 heavy (non-hydrogen) atoms. The molecule has 4 rings (SSSR count). The second-order valence-electron chi connectivity index (χ2n) is 10.8. The lowest BCUT2D eigenvalue weighted by atomic mass is 9.83. The fourth-order valence-electron chi connectivity index (χ4n) is 3.85. The van der Waals surface area contributed by atoms with E-state index in [4.69, 9.17) is 4.74 Å². The summed E-state index contributed by atoms with van der Waals surface area (Å²) in [5, 5.41) is 11.9. The molecule has 2 aromatic heterocycles. The molecule has 0 radical (unpaired) electrons. The van der Waals surface area contributed by atoms with Gasteiger partial charge >= 0.3 is 0 Å². The summed E-state index contributed by atoms with van der Waals surface area (Å²) < 4.78 is 20.7. The summed E-state index contributed by atoms with van der Waals surface area (Å²) >= 11 is 0. The lowest BCUT2D eigenvalue weighted by Crippen LogP contribution is -2.51. The zero-order valence-corrected chi connectivity index (χ0v) is 21.8. The Morgan fingerprint density at radius 1 is 1.13 bits per heavy atom. The van der Waals surface area contributed by atoms with Crippen LogP contribution in [0.25, 0.3) is 5.65 Å². The molecule has 0 aliphatic carbocycles. The normalized spacial score (nSPS) is 13.4. The number of aromatic nitrogens is 3. The summed E-state index contributed by atoms with van der Waals surface area (Å²) in [6.07, 6.45) is 1.12. The topological polar surface area (TPSA) is 144 Å².